The molecule has 3 heteroatoms. The molecule has 0 aromatic heterocycles. The first-order valence-corrected chi connectivity index (χ1v) is 14.8. The fourth-order valence-electron chi connectivity index (χ4n) is 4.39. The van der Waals surface area contributed by atoms with Gasteiger partial charge in [-0.2, -0.15) is 0 Å². The summed E-state index contributed by atoms with van der Waals surface area (Å²) in [5.41, 5.74) is 10.0. The highest BCUT2D eigenvalue weighted by molar-refractivity contribution is 6.74. The van der Waals surface area contributed by atoms with Crippen LogP contribution in [0.3, 0.4) is 0 Å². The molecule has 0 radical (unpaired) electrons. The molecule has 1 aliphatic rings. The highest BCUT2D eigenvalue weighted by atomic mass is 28.4. The molecule has 1 aromatic rings. The molecule has 2 N–H and O–H groups in total. The number of benzene rings is 1. The first kappa shape index (κ1) is 24.5. The van der Waals surface area contributed by atoms with Crippen LogP contribution < -0.4 is 5.73 Å². The lowest BCUT2D eigenvalue weighted by molar-refractivity contribution is 0.129. The molecule has 1 aromatic carbocycles. The summed E-state index contributed by atoms with van der Waals surface area (Å²) in [6.45, 7) is 18.5. The molecule has 1 saturated carbocycles. The quantitative estimate of drug-likeness (QED) is 0.362. The Hall–Kier alpha value is -0.803. The summed E-state index contributed by atoms with van der Waals surface area (Å²) in [7, 11) is -1.76. The Morgan fingerprint density at radius 3 is 2.17 bits per heavy atom. The summed E-state index contributed by atoms with van der Waals surface area (Å²) in [5.74, 6) is 0.854. The van der Waals surface area contributed by atoms with Gasteiger partial charge in [0.25, 0.3) is 0 Å². The average Bonchev–Trinajstić information content (AvgIpc) is 2.58. The average molecular weight is 418 g/mol. The van der Waals surface area contributed by atoms with Crippen molar-refractivity contribution in [1.29, 1.82) is 0 Å². The molecule has 29 heavy (non-hydrogen) atoms. The Morgan fingerprint density at radius 1 is 1.03 bits per heavy atom. The number of hydrogen-bond acceptors (Lipinski definition) is 2. The van der Waals surface area contributed by atoms with E-state index in [1.807, 2.05) is 0 Å². The van der Waals surface area contributed by atoms with Gasteiger partial charge in [0.15, 0.2) is 8.32 Å². The van der Waals surface area contributed by atoms with E-state index < -0.39 is 8.32 Å². The third-order valence-corrected chi connectivity index (χ3v) is 11.8. The third kappa shape index (κ3) is 7.13. The number of nitrogen functional groups attached to an aromatic ring is 1. The van der Waals surface area contributed by atoms with Crippen LogP contribution in [0.4, 0.5) is 5.69 Å². The molecule has 1 aliphatic carbocycles. The predicted octanol–water partition coefficient (Wildman–Crippen LogP) is 7.86. The normalized spacial score (nSPS) is 18.1. The van der Waals surface area contributed by atoms with E-state index in [2.05, 4.69) is 72.8 Å². The Morgan fingerprint density at radius 2 is 1.66 bits per heavy atom. The smallest absolute Gasteiger partial charge is 0.192 e. The molecular weight excluding hydrogens is 370 g/mol. The largest absolute Gasteiger partial charge is 0.414 e. The minimum Gasteiger partial charge on any atom is -0.414 e. The zero-order chi connectivity index (χ0) is 21.9. The monoisotopic (exact) mass is 417 g/mol. The standard InChI is InChI=1S/C26H47NOSi/c1-25(2,3)23-17-15-21(19-24(23)27)14-16-22(18-20-12-10-9-11-13-20)28-29(7,8)26(4,5)6/h15,17,19-20,22H,9-14,16,18,27H2,1-8H3. The van der Waals surface area contributed by atoms with Gasteiger partial charge in [-0.3, -0.25) is 0 Å². The maximum Gasteiger partial charge on any atom is 0.192 e. The van der Waals surface area contributed by atoms with Crippen LogP contribution in [0.5, 0.6) is 0 Å². The molecule has 166 valence electrons. The minimum absolute atomic E-state index is 0.0948. The molecular formula is C26H47NOSi. The van der Waals surface area contributed by atoms with E-state index in [0.29, 0.717) is 6.10 Å². The number of rotatable bonds is 7. The van der Waals surface area contributed by atoms with Crippen molar-refractivity contribution in [2.24, 2.45) is 5.92 Å². The molecule has 1 unspecified atom stereocenters. The highest BCUT2D eigenvalue weighted by Crippen LogP contribution is 2.39. The number of nitrogens with two attached hydrogens (primary N) is 1. The number of aryl methyl sites for hydroxylation is 1. The lowest BCUT2D eigenvalue weighted by atomic mass is 9.84. The van der Waals surface area contributed by atoms with Crippen LogP contribution >= 0.6 is 0 Å². The second-order valence-corrected chi connectivity index (χ2v) is 16.7. The van der Waals surface area contributed by atoms with Crippen LogP contribution in [-0.2, 0) is 16.3 Å². The third-order valence-electron chi connectivity index (χ3n) is 7.27. The summed E-state index contributed by atoms with van der Waals surface area (Å²) in [6.07, 6.45) is 10.8. The van der Waals surface area contributed by atoms with Gasteiger partial charge in [0.05, 0.1) is 0 Å². The van der Waals surface area contributed by atoms with Crippen LogP contribution in [0.15, 0.2) is 18.2 Å². The summed E-state index contributed by atoms with van der Waals surface area (Å²) in [5, 5.41) is 0.261. The van der Waals surface area contributed by atoms with Gasteiger partial charge in [-0.25, -0.2) is 0 Å². The summed E-state index contributed by atoms with van der Waals surface area (Å²) in [6, 6.07) is 6.71. The maximum atomic E-state index is 6.94. The van der Waals surface area contributed by atoms with E-state index in [1.54, 1.807) is 0 Å². The van der Waals surface area contributed by atoms with Gasteiger partial charge in [-0.05, 0) is 65.9 Å². The molecule has 0 aliphatic heterocycles. The van der Waals surface area contributed by atoms with E-state index in [9.17, 15) is 0 Å². The second kappa shape index (κ2) is 9.56. The van der Waals surface area contributed by atoms with Crippen molar-refractivity contribution < 1.29 is 4.43 Å². The van der Waals surface area contributed by atoms with Crippen molar-refractivity contribution in [2.45, 2.75) is 123 Å². The Labute approximate surface area is 182 Å². The van der Waals surface area contributed by atoms with E-state index >= 15 is 0 Å². The molecule has 1 fully saturated rings. The van der Waals surface area contributed by atoms with Gasteiger partial charge in [0, 0.05) is 11.8 Å². The van der Waals surface area contributed by atoms with Gasteiger partial charge >= 0.3 is 0 Å². The Kier molecular flexibility index (Phi) is 8.06. The van der Waals surface area contributed by atoms with E-state index in [1.165, 1.54) is 49.7 Å². The molecule has 0 spiro atoms. The molecule has 2 nitrogen and oxygen atoms in total. The van der Waals surface area contributed by atoms with E-state index in [4.69, 9.17) is 10.2 Å². The topological polar surface area (TPSA) is 35.2 Å². The Balaban J connectivity index is 2.09. The van der Waals surface area contributed by atoms with Crippen molar-refractivity contribution in [1.82, 2.24) is 0 Å². The van der Waals surface area contributed by atoms with Gasteiger partial charge in [0.2, 0.25) is 0 Å². The second-order valence-electron chi connectivity index (χ2n) is 12.0. The molecule has 0 amide bonds. The van der Waals surface area contributed by atoms with Gasteiger partial charge in [0.1, 0.15) is 0 Å². The fourth-order valence-corrected chi connectivity index (χ4v) is 5.79. The van der Waals surface area contributed by atoms with Crippen LogP contribution in [0.2, 0.25) is 18.1 Å². The molecule has 1 atom stereocenters. The number of anilines is 1. The maximum absolute atomic E-state index is 6.94. The zero-order valence-electron chi connectivity index (χ0n) is 20.5. The first-order chi connectivity index (χ1) is 13.3. The van der Waals surface area contributed by atoms with Crippen molar-refractivity contribution in [3.8, 4) is 0 Å². The zero-order valence-corrected chi connectivity index (χ0v) is 21.5. The summed E-state index contributed by atoms with van der Waals surface area (Å²) >= 11 is 0. The first-order valence-electron chi connectivity index (χ1n) is 11.9. The van der Waals surface area contributed by atoms with Crippen molar-refractivity contribution in [3.05, 3.63) is 29.3 Å². The van der Waals surface area contributed by atoms with Crippen LogP contribution in [-0.4, -0.2) is 14.4 Å². The molecule has 0 bridgehead atoms. The summed E-state index contributed by atoms with van der Waals surface area (Å²) in [4.78, 5) is 0. The SMILES string of the molecule is CC(C)(C)c1ccc(CCC(CC2CCCCC2)O[Si](C)(C)C(C)(C)C)cc1N. The predicted molar refractivity (Wildman–Crippen MR) is 131 cm³/mol. The van der Waals surface area contributed by atoms with E-state index in [0.717, 1.165) is 24.4 Å². The van der Waals surface area contributed by atoms with Gasteiger partial charge < -0.3 is 10.2 Å². The number of hydrogen-bond donors (Lipinski definition) is 1. The minimum atomic E-state index is -1.76. The fraction of sp³-hybridized carbons (Fsp3) is 0.769. The van der Waals surface area contributed by atoms with Crippen LogP contribution in [0, 0.1) is 5.92 Å². The van der Waals surface area contributed by atoms with E-state index in [-0.39, 0.29) is 10.5 Å². The van der Waals surface area contributed by atoms with Crippen molar-refractivity contribution >= 4 is 14.0 Å². The highest BCUT2D eigenvalue weighted by Gasteiger charge is 2.39. The van der Waals surface area contributed by atoms with Gasteiger partial charge in [-0.15, -0.1) is 0 Å². The lowest BCUT2D eigenvalue weighted by Gasteiger charge is -2.40. The Bertz CT molecular complexity index is 648. The molecule has 0 saturated heterocycles. The van der Waals surface area contributed by atoms with Crippen LogP contribution in [0.1, 0.15) is 97.6 Å². The molecule has 2 rings (SSSR count). The summed E-state index contributed by atoms with van der Waals surface area (Å²) < 4.78 is 6.94. The van der Waals surface area contributed by atoms with Crippen LogP contribution in [0.25, 0.3) is 0 Å². The van der Waals surface area contributed by atoms with Crippen molar-refractivity contribution in [2.75, 3.05) is 5.73 Å². The van der Waals surface area contributed by atoms with Crippen molar-refractivity contribution in [3.63, 3.8) is 0 Å². The molecule has 0 heterocycles. The van der Waals surface area contributed by atoms with Gasteiger partial charge in [-0.1, -0.05) is 85.8 Å². The lowest BCUT2D eigenvalue weighted by Crippen LogP contribution is -2.44.